The van der Waals surface area contributed by atoms with Gasteiger partial charge in [0.05, 0.1) is 29.5 Å². The van der Waals surface area contributed by atoms with Crippen molar-refractivity contribution in [2.75, 3.05) is 23.9 Å². The van der Waals surface area contributed by atoms with Crippen LogP contribution >= 0.6 is 11.3 Å². The Bertz CT molecular complexity index is 1260. The minimum Gasteiger partial charge on any atom is -0.490 e. The summed E-state index contributed by atoms with van der Waals surface area (Å²) in [6.45, 7) is 2.71. The molecule has 1 atom stereocenters. The van der Waals surface area contributed by atoms with Crippen molar-refractivity contribution in [1.29, 1.82) is 0 Å². The molecule has 1 aromatic heterocycles. The summed E-state index contributed by atoms with van der Waals surface area (Å²) in [6, 6.07) is 1.77. The molecule has 2 heterocycles. The standard InChI is InChI=1S/C20H19F3N2O7S2/c1-4-31-15-7-11(5-6-14(15)32-20(21,22)23)13(9-34(3,29)30)25-18(27)12-8-33-17(24-10(2)26)16(12)19(25)28/h5-8,13H,4,9H2,1-3H3,(H,24,26)/t13-/m0/s1. The predicted molar refractivity (Wildman–Crippen MR) is 116 cm³/mol. The van der Waals surface area contributed by atoms with Gasteiger partial charge in [0.15, 0.2) is 11.5 Å². The van der Waals surface area contributed by atoms with E-state index in [1.165, 1.54) is 19.2 Å². The molecular weight excluding hydrogens is 501 g/mol. The van der Waals surface area contributed by atoms with Crippen LogP contribution in [0.5, 0.6) is 11.5 Å². The van der Waals surface area contributed by atoms with E-state index in [-0.39, 0.29) is 34.0 Å². The van der Waals surface area contributed by atoms with Gasteiger partial charge in [0, 0.05) is 18.6 Å². The van der Waals surface area contributed by atoms with Gasteiger partial charge in [0.1, 0.15) is 14.8 Å². The number of hydrogen-bond acceptors (Lipinski definition) is 8. The molecule has 0 unspecified atom stereocenters. The van der Waals surface area contributed by atoms with E-state index in [1.807, 2.05) is 0 Å². The Morgan fingerprint density at radius 3 is 2.44 bits per heavy atom. The van der Waals surface area contributed by atoms with Crippen molar-refractivity contribution in [2.45, 2.75) is 26.3 Å². The van der Waals surface area contributed by atoms with E-state index in [2.05, 4.69) is 10.1 Å². The summed E-state index contributed by atoms with van der Waals surface area (Å²) >= 11 is 0.965. The second-order valence-corrected chi connectivity index (χ2v) is 10.4. The number of nitrogens with one attached hydrogen (secondary N) is 1. The first-order valence-electron chi connectivity index (χ1n) is 9.69. The number of thiophene rings is 1. The highest BCUT2D eigenvalue weighted by molar-refractivity contribution is 7.90. The van der Waals surface area contributed by atoms with E-state index in [9.17, 15) is 36.0 Å². The molecule has 1 aliphatic rings. The molecule has 0 spiro atoms. The maximum atomic E-state index is 13.2. The normalized spacial score (nSPS) is 14.7. The summed E-state index contributed by atoms with van der Waals surface area (Å²) < 4.78 is 71.8. The van der Waals surface area contributed by atoms with E-state index in [4.69, 9.17) is 4.74 Å². The van der Waals surface area contributed by atoms with Crippen LogP contribution in [0.2, 0.25) is 0 Å². The van der Waals surface area contributed by atoms with Gasteiger partial charge in [-0.05, 0) is 24.6 Å². The molecule has 0 radical (unpaired) electrons. The molecule has 1 aromatic carbocycles. The first kappa shape index (κ1) is 25.5. The number of nitrogens with zero attached hydrogens (tertiary/aromatic N) is 1. The lowest BCUT2D eigenvalue weighted by Crippen LogP contribution is -2.38. The first-order valence-corrected chi connectivity index (χ1v) is 12.6. The molecule has 3 amide bonds. The molecule has 0 saturated carbocycles. The molecule has 0 bridgehead atoms. The molecule has 9 nitrogen and oxygen atoms in total. The summed E-state index contributed by atoms with van der Waals surface area (Å²) in [4.78, 5) is 38.4. The third-order valence-electron chi connectivity index (χ3n) is 4.61. The molecule has 0 saturated heterocycles. The van der Waals surface area contributed by atoms with Gasteiger partial charge in [-0.2, -0.15) is 0 Å². The fourth-order valence-electron chi connectivity index (χ4n) is 3.42. The Balaban J connectivity index is 2.09. The highest BCUT2D eigenvalue weighted by Crippen LogP contribution is 2.41. The SMILES string of the molecule is CCOc1cc([C@H](CS(C)(=O)=O)N2C(=O)c3csc(NC(C)=O)c3C2=O)ccc1OC(F)(F)F. The maximum Gasteiger partial charge on any atom is 0.573 e. The molecule has 0 aliphatic carbocycles. The van der Waals surface area contributed by atoms with Crippen LogP contribution in [-0.4, -0.2) is 56.0 Å². The topological polar surface area (TPSA) is 119 Å². The van der Waals surface area contributed by atoms with Crippen LogP contribution in [0.1, 0.15) is 46.2 Å². The number of carbonyl (C=O) groups is 3. The van der Waals surface area contributed by atoms with Crippen molar-refractivity contribution in [3.05, 3.63) is 40.3 Å². The molecular formula is C20H19F3N2O7S2. The minimum absolute atomic E-state index is 0.0145. The fraction of sp³-hybridized carbons (Fsp3) is 0.350. The Labute approximate surface area is 196 Å². The minimum atomic E-state index is -5.01. The van der Waals surface area contributed by atoms with Gasteiger partial charge in [0.2, 0.25) is 5.91 Å². The number of halogens is 3. The summed E-state index contributed by atoms with van der Waals surface area (Å²) in [5, 5.41) is 3.95. The van der Waals surface area contributed by atoms with Crippen LogP contribution < -0.4 is 14.8 Å². The Hall–Kier alpha value is -3.13. The van der Waals surface area contributed by atoms with E-state index in [1.54, 1.807) is 0 Å². The van der Waals surface area contributed by atoms with Crippen molar-refractivity contribution in [1.82, 2.24) is 4.90 Å². The van der Waals surface area contributed by atoms with E-state index >= 15 is 0 Å². The molecule has 2 aromatic rings. The lowest BCUT2D eigenvalue weighted by atomic mass is 10.1. The third-order valence-corrected chi connectivity index (χ3v) is 6.43. The van der Waals surface area contributed by atoms with Gasteiger partial charge in [-0.1, -0.05) is 6.07 Å². The van der Waals surface area contributed by atoms with Crippen LogP contribution in [0.4, 0.5) is 18.2 Å². The number of rotatable bonds is 8. The number of anilines is 1. The molecule has 0 fully saturated rings. The number of fused-ring (bicyclic) bond motifs is 1. The number of benzene rings is 1. The zero-order chi connectivity index (χ0) is 25.4. The number of alkyl halides is 3. The van der Waals surface area contributed by atoms with Crippen molar-refractivity contribution < 1.29 is 45.4 Å². The number of sulfone groups is 1. The van der Waals surface area contributed by atoms with Crippen LogP contribution in [0, 0.1) is 0 Å². The average molecular weight is 521 g/mol. The van der Waals surface area contributed by atoms with Crippen molar-refractivity contribution >= 4 is 43.9 Å². The van der Waals surface area contributed by atoms with E-state index in [0.29, 0.717) is 0 Å². The predicted octanol–water partition coefficient (Wildman–Crippen LogP) is 3.39. The lowest BCUT2D eigenvalue weighted by molar-refractivity contribution is -0.275. The smallest absolute Gasteiger partial charge is 0.490 e. The summed E-state index contributed by atoms with van der Waals surface area (Å²) in [5.41, 5.74) is -0.0509. The fourth-order valence-corrected chi connectivity index (χ4v) is 5.31. The zero-order valence-electron chi connectivity index (χ0n) is 18.1. The summed E-state index contributed by atoms with van der Waals surface area (Å²) in [7, 11) is -3.78. The van der Waals surface area contributed by atoms with Crippen LogP contribution in [0.25, 0.3) is 0 Å². The average Bonchev–Trinajstić information content (AvgIpc) is 3.19. The molecule has 1 aliphatic heterocycles. The van der Waals surface area contributed by atoms with Gasteiger partial charge in [-0.25, -0.2) is 8.42 Å². The lowest BCUT2D eigenvalue weighted by Gasteiger charge is -2.27. The van der Waals surface area contributed by atoms with E-state index < -0.39 is 51.5 Å². The number of carbonyl (C=O) groups excluding carboxylic acids is 3. The molecule has 3 rings (SSSR count). The van der Waals surface area contributed by atoms with Gasteiger partial charge in [-0.15, -0.1) is 24.5 Å². The van der Waals surface area contributed by atoms with Crippen LogP contribution in [0.15, 0.2) is 23.6 Å². The quantitative estimate of drug-likeness (QED) is 0.530. The Morgan fingerprint density at radius 2 is 1.88 bits per heavy atom. The number of hydrogen-bond donors (Lipinski definition) is 1. The van der Waals surface area contributed by atoms with Gasteiger partial charge < -0.3 is 14.8 Å². The number of ether oxygens (including phenoxy) is 2. The molecule has 1 N–H and O–H groups in total. The Morgan fingerprint density at radius 1 is 1.21 bits per heavy atom. The maximum absolute atomic E-state index is 13.2. The van der Waals surface area contributed by atoms with Gasteiger partial charge in [-0.3, -0.25) is 19.3 Å². The summed E-state index contributed by atoms with van der Waals surface area (Å²) in [5.74, 6) is -3.82. The summed E-state index contributed by atoms with van der Waals surface area (Å²) in [6.07, 6.45) is -4.11. The van der Waals surface area contributed by atoms with E-state index in [0.717, 1.165) is 40.7 Å². The highest BCUT2D eigenvalue weighted by atomic mass is 32.2. The van der Waals surface area contributed by atoms with Crippen molar-refractivity contribution in [2.24, 2.45) is 0 Å². The van der Waals surface area contributed by atoms with Crippen LogP contribution in [-0.2, 0) is 14.6 Å². The monoisotopic (exact) mass is 520 g/mol. The number of imide groups is 1. The van der Waals surface area contributed by atoms with Crippen molar-refractivity contribution in [3.8, 4) is 11.5 Å². The second-order valence-electron chi connectivity index (χ2n) is 7.31. The molecule has 184 valence electrons. The van der Waals surface area contributed by atoms with Gasteiger partial charge in [0.25, 0.3) is 11.8 Å². The van der Waals surface area contributed by atoms with Gasteiger partial charge >= 0.3 is 6.36 Å². The number of amides is 3. The second kappa shape index (κ2) is 9.25. The zero-order valence-corrected chi connectivity index (χ0v) is 19.7. The third kappa shape index (κ3) is 5.50. The molecule has 14 heteroatoms. The first-order chi connectivity index (χ1) is 15.7. The highest BCUT2D eigenvalue weighted by Gasteiger charge is 2.44. The Kier molecular flexibility index (Phi) is 6.94. The van der Waals surface area contributed by atoms with Crippen molar-refractivity contribution in [3.63, 3.8) is 0 Å². The molecule has 34 heavy (non-hydrogen) atoms. The largest absolute Gasteiger partial charge is 0.573 e. The van der Waals surface area contributed by atoms with Crippen LogP contribution in [0.3, 0.4) is 0 Å².